The first-order valence-electron chi connectivity index (χ1n) is 5.24. The second-order valence-electron chi connectivity index (χ2n) is 3.69. The average molecular weight is 223 g/mol. The number of amides is 1. The molecule has 0 bridgehead atoms. The van der Waals surface area contributed by atoms with Gasteiger partial charge in [-0.15, -0.1) is 0 Å². The fourth-order valence-electron chi connectivity index (χ4n) is 1.70. The topological polar surface area (TPSA) is 54.4 Å². The first-order valence-corrected chi connectivity index (χ1v) is 5.24. The zero-order valence-electron chi connectivity index (χ0n) is 8.92. The van der Waals surface area contributed by atoms with E-state index in [9.17, 15) is 4.79 Å². The van der Waals surface area contributed by atoms with Crippen molar-refractivity contribution in [2.75, 3.05) is 0 Å². The van der Waals surface area contributed by atoms with Crippen LogP contribution in [0.2, 0.25) is 0 Å². The van der Waals surface area contributed by atoms with E-state index in [0.717, 1.165) is 16.6 Å². The summed E-state index contributed by atoms with van der Waals surface area (Å²) in [5, 5.41) is 3.58. The molecule has 1 aliphatic rings. The van der Waals surface area contributed by atoms with E-state index in [2.05, 4.69) is 15.3 Å². The molecule has 2 heterocycles. The molecule has 1 aliphatic heterocycles. The van der Waals surface area contributed by atoms with Gasteiger partial charge < -0.3 is 5.32 Å². The normalized spacial score (nSPS) is 16.7. The van der Waals surface area contributed by atoms with Crippen molar-refractivity contribution in [3.8, 4) is 0 Å². The Labute approximate surface area is 97.7 Å². The average Bonchev–Trinajstić information content (AvgIpc) is 2.75. The Hall–Kier alpha value is -2.49. The number of carbonyl (C=O) groups is 1. The predicted octanol–water partition coefficient (Wildman–Crippen LogP) is 1.73. The van der Waals surface area contributed by atoms with Crippen molar-refractivity contribution in [3.05, 3.63) is 47.8 Å². The summed E-state index contributed by atoms with van der Waals surface area (Å²) in [6, 6.07) is 11.7. The summed E-state index contributed by atoms with van der Waals surface area (Å²) in [4.78, 5) is 19.7. The Bertz CT molecular complexity index is 659. The molecule has 2 aromatic rings. The van der Waals surface area contributed by atoms with Crippen LogP contribution in [0.25, 0.3) is 17.0 Å². The van der Waals surface area contributed by atoms with Gasteiger partial charge in [-0.2, -0.15) is 0 Å². The van der Waals surface area contributed by atoms with Crippen molar-refractivity contribution >= 4 is 29.2 Å². The summed E-state index contributed by atoms with van der Waals surface area (Å²) < 4.78 is 0. The Morgan fingerprint density at radius 1 is 1.12 bits per heavy atom. The molecule has 0 saturated heterocycles. The van der Waals surface area contributed by atoms with Gasteiger partial charge in [0.1, 0.15) is 5.70 Å². The number of hydrogen-bond acceptors (Lipinski definition) is 3. The minimum Gasteiger partial charge on any atom is -0.311 e. The second-order valence-corrected chi connectivity index (χ2v) is 3.69. The van der Waals surface area contributed by atoms with E-state index in [-0.39, 0.29) is 5.91 Å². The molecule has 0 unspecified atom stereocenters. The number of benzene rings is 1. The zero-order valence-corrected chi connectivity index (χ0v) is 8.92. The summed E-state index contributed by atoms with van der Waals surface area (Å²) in [6.07, 6.45) is 3.06. The van der Waals surface area contributed by atoms with Gasteiger partial charge in [-0.25, -0.2) is 9.98 Å². The van der Waals surface area contributed by atoms with Crippen LogP contribution in [0.4, 0.5) is 0 Å². The molecule has 1 amide bonds. The van der Waals surface area contributed by atoms with Crippen LogP contribution in [-0.4, -0.2) is 17.2 Å². The third-order valence-electron chi connectivity index (χ3n) is 2.54. The SMILES string of the molecule is O=C1NC=NC1=Cc1ccc2ccccc2n1. The molecule has 0 atom stereocenters. The highest BCUT2D eigenvalue weighted by Gasteiger charge is 2.11. The van der Waals surface area contributed by atoms with Crippen LogP contribution >= 0.6 is 0 Å². The summed E-state index contributed by atoms with van der Waals surface area (Å²) in [6.45, 7) is 0. The Balaban J connectivity index is 2.07. The van der Waals surface area contributed by atoms with Crippen molar-refractivity contribution in [1.82, 2.24) is 10.3 Å². The van der Waals surface area contributed by atoms with Crippen molar-refractivity contribution in [3.63, 3.8) is 0 Å². The highest BCUT2D eigenvalue weighted by molar-refractivity contribution is 6.08. The van der Waals surface area contributed by atoms with E-state index >= 15 is 0 Å². The molecule has 1 aromatic heterocycles. The lowest BCUT2D eigenvalue weighted by Crippen LogP contribution is -2.14. The van der Waals surface area contributed by atoms with Gasteiger partial charge in [0, 0.05) is 5.39 Å². The van der Waals surface area contributed by atoms with Gasteiger partial charge in [0.15, 0.2) is 0 Å². The number of nitrogens with one attached hydrogen (secondary N) is 1. The number of para-hydroxylation sites is 1. The van der Waals surface area contributed by atoms with Crippen LogP contribution in [0, 0.1) is 0 Å². The maximum absolute atomic E-state index is 11.3. The lowest BCUT2D eigenvalue weighted by Gasteiger charge is -1.98. The van der Waals surface area contributed by atoms with Gasteiger partial charge in [0.25, 0.3) is 5.91 Å². The van der Waals surface area contributed by atoms with Gasteiger partial charge in [0.2, 0.25) is 0 Å². The summed E-state index contributed by atoms with van der Waals surface area (Å²) in [5.41, 5.74) is 2.02. The van der Waals surface area contributed by atoms with Crippen LogP contribution in [-0.2, 0) is 4.79 Å². The van der Waals surface area contributed by atoms with E-state index in [1.165, 1.54) is 6.34 Å². The lowest BCUT2D eigenvalue weighted by atomic mass is 10.2. The van der Waals surface area contributed by atoms with Crippen molar-refractivity contribution in [2.45, 2.75) is 0 Å². The second kappa shape index (κ2) is 3.83. The molecule has 17 heavy (non-hydrogen) atoms. The molecule has 1 N–H and O–H groups in total. The lowest BCUT2D eigenvalue weighted by molar-refractivity contribution is -0.115. The van der Waals surface area contributed by atoms with Gasteiger partial charge in [-0.1, -0.05) is 24.3 Å². The fraction of sp³-hybridized carbons (Fsp3) is 0. The molecule has 0 fully saturated rings. The third-order valence-corrected chi connectivity index (χ3v) is 2.54. The maximum atomic E-state index is 11.3. The summed E-state index contributed by atoms with van der Waals surface area (Å²) in [7, 11) is 0. The Morgan fingerprint density at radius 2 is 2.00 bits per heavy atom. The van der Waals surface area contributed by atoms with Crippen LogP contribution in [0.15, 0.2) is 47.1 Å². The molecule has 3 rings (SSSR count). The number of fused-ring (bicyclic) bond motifs is 1. The van der Waals surface area contributed by atoms with E-state index < -0.39 is 0 Å². The molecule has 0 radical (unpaired) electrons. The Morgan fingerprint density at radius 3 is 2.82 bits per heavy atom. The molecule has 0 saturated carbocycles. The minimum atomic E-state index is -0.194. The molecule has 4 nitrogen and oxygen atoms in total. The summed E-state index contributed by atoms with van der Waals surface area (Å²) >= 11 is 0. The third kappa shape index (κ3) is 1.80. The number of aromatic nitrogens is 1. The van der Waals surface area contributed by atoms with E-state index in [0.29, 0.717) is 5.70 Å². The highest BCUT2D eigenvalue weighted by Crippen LogP contribution is 2.14. The van der Waals surface area contributed by atoms with Crippen LogP contribution in [0.1, 0.15) is 5.69 Å². The van der Waals surface area contributed by atoms with E-state index in [1.807, 2.05) is 36.4 Å². The summed E-state index contributed by atoms with van der Waals surface area (Å²) in [5.74, 6) is -0.194. The van der Waals surface area contributed by atoms with Crippen LogP contribution in [0.3, 0.4) is 0 Å². The quantitative estimate of drug-likeness (QED) is 0.748. The first-order chi connectivity index (χ1) is 8.33. The van der Waals surface area contributed by atoms with Gasteiger partial charge in [-0.05, 0) is 18.2 Å². The largest absolute Gasteiger partial charge is 0.311 e. The monoisotopic (exact) mass is 223 g/mol. The fourth-order valence-corrected chi connectivity index (χ4v) is 1.70. The number of aliphatic imine (C=N–C) groups is 1. The van der Waals surface area contributed by atoms with Crippen molar-refractivity contribution in [1.29, 1.82) is 0 Å². The van der Waals surface area contributed by atoms with Gasteiger partial charge in [0.05, 0.1) is 17.5 Å². The molecule has 0 aliphatic carbocycles. The minimum absolute atomic E-state index is 0.194. The molecule has 1 aromatic carbocycles. The Kier molecular flexibility index (Phi) is 2.19. The van der Waals surface area contributed by atoms with Gasteiger partial charge in [-0.3, -0.25) is 4.79 Å². The number of nitrogens with zero attached hydrogens (tertiary/aromatic N) is 2. The van der Waals surface area contributed by atoms with Crippen molar-refractivity contribution in [2.24, 2.45) is 4.99 Å². The molecule has 0 spiro atoms. The van der Waals surface area contributed by atoms with Crippen LogP contribution in [0.5, 0.6) is 0 Å². The number of carbonyl (C=O) groups excluding carboxylic acids is 1. The standard InChI is InChI=1S/C13H9N3O/c17-13-12(14-8-15-13)7-10-6-5-9-3-1-2-4-11(9)16-10/h1-8H,(H,14,15,17). The maximum Gasteiger partial charge on any atom is 0.275 e. The zero-order chi connectivity index (χ0) is 11.7. The van der Waals surface area contributed by atoms with Crippen molar-refractivity contribution < 1.29 is 4.79 Å². The van der Waals surface area contributed by atoms with Crippen LogP contribution < -0.4 is 5.32 Å². The first kappa shape index (κ1) is 9.72. The number of rotatable bonds is 1. The highest BCUT2D eigenvalue weighted by atomic mass is 16.2. The number of pyridine rings is 1. The van der Waals surface area contributed by atoms with Gasteiger partial charge >= 0.3 is 0 Å². The molecular formula is C13H9N3O. The predicted molar refractivity (Wildman–Crippen MR) is 66.4 cm³/mol. The van der Waals surface area contributed by atoms with E-state index in [1.54, 1.807) is 6.08 Å². The number of hydrogen-bond donors (Lipinski definition) is 1. The molecule has 82 valence electrons. The van der Waals surface area contributed by atoms with E-state index in [4.69, 9.17) is 0 Å². The smallest absolute Gasteiger partial charge is 0.275 e. The molecule has 4 heteroatoms. The molecular weight excluding hydrogens is 214 g/mol.